The number of hydrogen-bond donors (Lipinski definition) is 0. The zero-order valence-electron chi connectivity index (χ0n) is 13.7. The Kier molecular flexibility index (Phi) is 4.74. The molecule has 4 rings (SSSR count). The second-order valence-corrected chi connectivity index (χ2v) is 6.93. The van der Waals surface area contributed by atoms with E-state index in [0.717, 1.165) is 35.7 Å². The first-order chi connectivity index (χ1) is 12.4. The van der Waals surface area contributed by atoms with E-state index in [1.54, 1.807) is 0 Å². The number of thioether (sulfide) groups is 1. The van der Waals surface area contributed by atoms with E-state index in [1.807, 2.05) is 36.4 Å². The minimum Gasteiger partial charge on any atom is -0.311 e. The van der Waals surface area contributed by atoms with Crippen LogP contribution in [-0.2, 0) is 13.0 Å². The van der Waals surface area contributed by atoms with Crippen molar-refractivity contribution in [3.63, 3.8) is 0 Å². The van der Waals surface area contributed by atoms with Gasteiger partial charge >= 0.3 is 0 Å². The molecule has 0 fully saturated rings. The molecule has 0 bridgehead atoms. The van der Waals surface area contributed by atoms with E-state index < -0.39 is 0 Å². The molecule has 0 N–H and O–H groups in total. The quantitative estimate of drug-likeness (QED) is 0.491. The van der Waals surface area contributed by atoms with E-state index in [1.165, 1.54) is 10.5 Å². The van der Waals surface area contributed by atoms with E-state index in [4.69, 9.17) is 4.98 Å². The monoisotopic (exact) mass is 346 g/mol. The van der Waals surface area contributed by atoms with Crippen molar-refractivity contribution in [3.8, 4) is 0 Å². The molecule has 5 heteroatoms. The fourth-order valence-electron chi connectivity index (χ4n) is 2.68. The van der Waals surface area contributed by atoms with Gasteiger partial charge < -0.3 is 4.57 Å². The Labute approximate surface area is 151 Å². The van der Waals surface area contributed by atoms with Crippen molar-refractivity contribution >= 4 is 22.9 Å². The van der Waals surface area contributed by atoms with Gasteiger partial charge in [0.15, 0.2) is 5.65 Å². The normalized spacial score (nSPS) is 11.0. The van der Waals surface area contributed by atoms with Gasteiger partial charge in [-0.05, 0) is 17.7 Å². The summed E-state index contributed by atoms with van der Waals surface area (Å²) in [4.78, 5) is 14.9. The largest absolute Gasteiger partial charge is 0.311 e. The van der Waals surface area contributed by atoms with Gasteiger partial charge in [-0.2, -0.15) is 0 Å². The predicted molar refractivity (Wildman–Crippen MR) is 102 cm³/mol. The summed E-state index contributed by atoms with van der Waals surface area (Å²) in [7, 11) is 0. The summed E-state index contributed by atoms with van der Waals surface area (Å²) in [5, 5.41) is 0. The van der Waals surface area contributed by atoms with Crippen LogP contribution in [0.5, 0.6) is 0 Å². The third-order valence-corrected chi connectivity index (χ3v) is 4.96. The molecule has 4 aromatic rings. The highest BCUT2D eigenvalue weighted by molar-refractivity contribution is 7.99. The molecule has 2 aromatic heterocycles. The number of aromatic nitrogens is 4. The van der Waals surface area contributed by atoms with Gasteiger partial charge in [0.2, 0.25) is 0 Å². The lowest BCUT2D eigenvalue weighted by atomic mass is 10.2. The molecule has 0 unspecified atom stereocenters. The maximum atomic E-state index is 4.74. The molecule has 0 spiro atoms. The Morgan fingerprint density at radius 1 is 0.880 bits per heavy atom. The van der Waals surface area contributed by atoms with Gasteiger partial charge in [0.1, 0.15) is 11.3 Å². The molecular weight excluding hydrogens is 328 g/mol. The third-order valence-electron chi connectivity index (χ3n) is 3.94. The van der Waals surface area contributed by atoms with Gasteiger partial charge in [-0.15, -0.1) is 11.8 Å². The summed E-state index contributed by atoms with van der Waals surface area (Å²) in [5.41, 5.74) is 2.98. The third kappa shape index (κ3) is 3.88. The smallest absolute Gasteiger partial charge is 0.163 e. The lowest BCUT2D eigenvalue weighted by molar-refractivity contribution is 0.806. The molecule has 0 saturated heterocycles. The lowest BCUT2D eigenvalue weighted by Crippen LogP contribution is -2.02. The second-order valence-electron chi connectivity index (χ2n) is 5.76. The van der Waals surface area contributed by atoms with Crippen molar-refractivity contribution in [1.29, 1.82) is 0 Å². The van der Waals surface area contributed by atoms with E-state index >= 15 is 0 Å². The Hall–Kier alpha value is -2.66. The average Bonchev–Trinajstić information content (AvgIpc) is 3.06. The van der Waals surface area contributed by atoms with Crippen LogP contribution in [-0.4, -0.2) is 25.3 Å². The Morgan fingerprint density at radius 2 is 1.64 bits per heavy atom. The number of benzene rings is 2. The standard InChI is InChI=1S/C20H18N4S/c1-3-7-16(8-4-1)14-24-15-22-18-13-21-19(23-20(18)24)11-12-25-17-9-5-2-6-10-17/h1-10,13,15H,11-12,14H2. The van der Waals surface area contributed by atoms with Crippen LogP contribution >= 0.6 is 11.8 Å². The molecule has 124 valence electrons. The summed E-state index contributed by atoms with van der Waals surface area (Å²) < 4.78 is 2.08. The average molecular weight is 346 g/mol. The summed E-state index contributed by atoms with van der Waals surface area (Å²) in [5.74, 6) is 1.83. The maximum Gasteiger partial charge on any atom is 0.163 e. The molecule has 2 aromatic carbocycles. The molecule has 0 atom stereocenters. The van der Waals surface area contributed by atoms with Gasteiger partial charge in [0.05, 0.1) is 19.1 Å². The molecule has 2 heterocycles. The number of rotatable bonds is 6. The number of fused-ring (bicyclic) bond motifs is 1. The number of imidazole rings is 1. The lowest BCUT2D eigenvalue weighted by Gasteiger charge is -2.05. The first-order valence-corrected chi connectivity index (χ1v) is 9.25. The Balaban J connectivity index is 1.48. The topological polar surface area (TPSA) is 43.6 Å². The number of aryl methyl sites for hydroxylation is 1. The summed E-state index contributed by atoms with van der Waals surface area (Å²) in [6.45, 7) is 0.770. The van der Waals surface area contributed by atoms with Crippen LogP contribution in [0, 0.1) is 0 Å². The molecular formula is C20H18N4S. The van der Waals surface area contributed by atoms with Gasteiger partial charge in [-0.3, -0.25) is 0 Å². The summed E-state index contributed by atoms with van der Waals surface area (Å²) in [6, 6.07) is 20.8. The van der Waals surface area contributed by atoms with Crippen LogP contribution in [0.15, 0.2) is 78.1 Å². The zero-order chi connectivity index (χ0) is 16.9. The zero-order valence-corrected chi connectivity index (χ0v) is 14.6. The maximum absolute atomic E-state index is 4.74. The van der Waals surface area contributed by atoms with Crippen molar-refractivity contribution in [2.45, 2.75) is 17.9 Å². The first kappa shape index (κ1) is 15.8. The molecule has 25 heavy (non-hydrogen) atoms. The van der Waals surface area contributed by atoms with Gasteiger partial charge in [-0.25, -0.2) is 15.0 Å². The van der Waals surface area contributed by atoms with Crippen molar-refractivity contribution in [1.82, 2.24) is 19.5 Å². The molecule has 0 aliphatic rings. The van der Waals surface area contributed by atoms with Gasteiger partial charge in [-0.1, -0.05) is 48.5 Å². The van der Waals surface area contributed by atoms with Crippen molar-refractivity contribution < 1.29 is 0 Å². The van der Waals surface area contributed by atoms with Crippen LogP contribution in [0.3, 0.4) is 0 Å². The van der Waals surface area contributed by atoms with Crippen molar-refractivity contribution in [2.75, 3.05) is 5.75 Å². The van der Waals surface area contributed by atoms with Crippen LogP contribution in [0.4, 0.5) is 0 Å². The molecule has 0 aliphatic heterocycles. The fourth-order valence-corrected chi connectivity index (χ4v) is 3.55. The molecule has 0 radical (unpaired) electrons. The van der Waals surface area contributed by atoms with E-state index in [2.05, 4.69) is 63.1 Å². The first-order valence-electron chi connectivity index (χ1n) is 8.27. The minimum absolute atomic E-state index is 0.770. The molecule has 0 aliphatic carbocycles. The van der Waals surface area contributed by atoms with Crippen LogP contribution in [0.1, 0.15) is 11.4 Å². The fraction of sp³-hybridized carbons (Fsp3) is 0.150. The summed E-state index contributed by atoms with van der Waals surface area (Å²) >= 11 is 1.83. The number of hydrogen-bond acceptors (Lipinski definition) is 4. The van der Waals surface area contributed by atoms with Crippen LogP contribution in [0.25, 0.3) is 11.2 Å². The molecule has 4 nitrogen and oxygen atoms in total. The Bertz CT molecular complexity index is 951. The van der Waals surface area contributed by atoms with Crippen molar-refractivity contribution in [3.05, 3.63) is 84.6 Å². The molecule has 0 amide bonds. The van der Waals surface area contributed by atoms with E-state index in [9.17, 15) is 0 Å². The van der Waals surface area contributed by atoms with Crippen LogP contribution < -0.4 is 0 Å². The highest BCUT2D eigenvalue weighted by Gasteiger charge is 2.07. The highest BCUT2D eigenvalue weighted by atomic mass is 32.2. The van der Waals surface area contributed by atoms with Gasteiger partial charge in [0, 0.05) is 17.1 Å². The second kappa shape index (κ2) is 7.49. The van der Waals surface area contributed by atoms with Gasteiger partial charge in [0.25, 0.3) is 0 Å². The Morgan fingerprint density at radius 3 is 2.44 bits per heavy atom. The van der Waals surface area contributed by atoms with E-state index in [-0.39, 0.29) is 0 Å². The predicted octanol–water partition coefficient (Wildman–Crippen LogP) is 4.21. The van der Waals surface area contributed by atoms with Crippen molar-refractivity contribution in [2.24, 2.45) is 0 Å². The molecule has 0 saturated carbocycles. The van der Waals surface area contributed by atoms with Crippen LogP contribution in [0.2, 0.25) is 0 Å². The summed E-state index contributed by atoms with van der Waals surface area (Å²) in [6.07, 6.45) is 4.51. The highest BCUT2D eigenvalue weighted by Crippen LogP contribution is 2.18. The minimum atomic E-state index is 0.770. The number of nitrogens with zero attached hydrogens (tertiary/aromatic N) is 4. The van der Waals surface area contributed by atoms with E-state index in [0.29, 0.717) is 0 Å². The SMILES string of the molecule is c1ccc(Cn2cnc3cnc(CCSc4ccccc4)nc32)cc1.